The van der Waals surface area contributed by atoms with Crippen LogP contribution in [-0.2, 0) is 0 Å². The van der Waals surface area contributed by atoms with Gasteiger partial charge in [0.15, 0.2) is 0 Å². The molecule has 0 aliphatic heterocycles. The molecule has 0 saturated heterocycles. The minimum absolute atomic E-state index is 0.458. The van der Waals surface area contributed by atoms with Crippen molar-refractivity contribution in [1.82, 2.24) is 14.9 Å². The number of aromatic nitrogens is 2. The Balaban J connectivity index is 2.15. The third-order valence-electron chi connectivity index (χ3n) is 3.54. The van der Waals surface area contributed by atoms with Crippen LogP contribution in [0.1, 0.15) is 31.0 Å². The summed E-state index contributed by atoms with van der Waals surface area (Å²) in [5.74, 6) is 1.94. The molecule has 2 rings (SSSR count). The minimum atomic E-state index is 0.458. The second-order valence-corrected chi connectivity index (χ2v) is 6.32. The normalized spacial score (nSPS) is 11.1. The molecule has 1 aromatic heterocycles. The van der Waals surface area contributed by atoms with Gasteiger partial charge in [-0.15, -0.1) is 0 Å². The number of anilines is 3. The van der Waals surface area contributed by atoms with E-state index >= 15 is 0 Å². The maximum absolute atomic E-state index is 4.57. The largest absolute Gasteiger partial charge is 0.353 e. The zero-order valence-electron chi connectivity index (χ0n) is 14.7. The highest BCUT2D eigenvalue weighted by Crippen LogP contribution is 2.26. The molecule has 0 spiro atoms. The van der Waals surface area contributed by atoms with E-state index in [0.717, 1.165) is 30.3 Å². The SMILES string of the molecule is Cc1cc(Nc2ccccc2C(C)C)nc(NCCN(C)C)n1. The van der Waals surface area contributed by atoms with E-state index in [2.05, 4.69) is 71.6 Å². The van der Waals surface area contributed by atoms with Gasteiger partial charge in [-0.2, -0.15) is 4.98 Å². The van der Waals surface area contributed by atoms with Crippen molar-refractivity contribution in [3.8, 4) is 0 Å². The monoisotopic (exact) mass is 313 g/mol. The van der Waals surface area contributed by atoms with Gasteiger partial charge in [-0.3, -0.25) is 0 Å². The molecule has 2 aromatic rings. The first-order valence-corrected chi connectivity index (χ1v) is 8.06. The summed E-state index contributed by atoms with van der Waals surface area (Å²) >= 11 is 0. The molecule has 0 fully saturated rings. The molecule has 1 heterocycles. The third-order valence-corrected chi connectivity index (χ3v) is 3.54. The molecule has 0 bridgehead atoms. The summed E-state index contributed by atoms with van der Waals surface area (Å²) in [5, 5.41) is 6.71. The van der Waals surface area contributed by atoms with Crippen molar-refractivity contribution in [3.05, 3.63) is 41.6 Å². The van der Waals surface area contributed by atoms with Gasteiger partial charge in [0.25, 0.3) is 0 Å². The van der Waals surface area contributed by atoms with Gasteiger partial charge in [0.05, 0.1) is 0 Å². The van der Waals surface area contributed by atoms with Gasteiger partial charge >= 0.3 is 0 Å². The summed E-state index contributed by atoms with van der Waals surface area (Å²) in [6.07, 6.45) is 0. The van der Waals surface area contributed by atoms with Crippen molar-refractivity contribution >= 4 is 17.5 Å². The highest BCUT2D eigenvalue weighted by molar-refractivity contribution is 5.62. The predicted molar refractivity (Wildman–Crippen MR) is 97.6 cm³/mol. The predicted octanol–water partition coefficient (Wildman–Crippen LogP) is 3.63. The van der Waals surface area contributed by atoms with Crippen LogP contribution >= 0.6 is 0 Å². The number of nitrogens with zero attached hydrogens (tertiary/aromatic N) is 3. The lowest BCUT2D eigenvalue weighted by molar-refractivity contribution is 0.425. The molecule has 124 valence electrons. The van der Waals surface area contributed by atoms with Crippen molar-refractivity contribution in [2.24, 2.45) is 0 Å². The number of likely N-dealkylation sites (N-methyl/N-ethyl adjacent to an activating group) is 1. The van der Waals surface area contributed by atoms with Crippen LogP contribution in [0.25, 0.3) is 0 Å². The van der Waals surface area contributed by atoms with Crippen LogP contribution in [0.2, 0.25) is 0 Å². The number of para-hydroxylation sites is 1. The molecule has 0 aliphatic carbocycles. The van der Waals surface area contributed by atoms with Crippen molar-refractivity contribution in [2.75, 3.05) is 37.8 Å². The van der Waals surface area contributed by atoms with Crippen LogP contribution in [0.3, 0.4) is 0 Å². The molecule has 2 N–H and O–H groups in total. The first-order valence-electron chi connectivity index (χ1n) is 8.06. The van der Waals surface area contributed by atoms with Crippen LogP contribution in [0.5, 0.6) is 0 Å². The summed E-state index contributed by atoms with van der Waals surface area (Å²) in [4.78, 5) is 11.1. The Morgan fingerprint density at radius 2 is 1.87 bits per heavy atom. The summed E-state index contributed by atoms with van der Waals surface area (Å²) in [6.45, 7) is 8.13. The van der Waals surface area contributed by atoms with Crippen molar-refractivity contribution in [2.45, 2.75) is 26.7 Å². The smallest absolute Gasteiger partial charge is 0.224 e. The Bertz CT molecular complexity index is 637. The van der Waals surface area contributed by atoms with Crippen LogP contribution in [0.4, 0.5) is 17.5 Å². The van der Waals surface area contributed by atoms with Gasteiger partial charge in [0, 0.05) is 30.5 Å². The number of rotatable bonds is 7. The Labute approximate surface area is 139 Å². The maximum atomic E-state index is 4.57. The average Bonchev–Trinajstić information content (AvgIpc) is 2.46. The zero-order chi connectivity index (χ0) is 16.8. The van der Waals surface area contributed by atoms with E-state index in [9.17, 15) is 0 Å². The molecule has 5 nitrogen and oxygen atoms in total. The van der Waals surface area contributed by atoms with Crippen molar-refractivity contribution in [3.63, 3.8) is 0 Å². The van der Waals surface area contributed by atoms with Gasteiger partial charge in [-0.05, 0) is 38.6 Å². The molecule has 23 heavy (non-hydrogen) atoms. The molecule has 0 radical (unpaired) electrons. The summed E-state index contributed by atoms with van der Waals surface area (Å²) < 4.78 is 0. The molecular weight excluding hydrogens is 286 g/mol. The Hall–Kier alpha value is -2.14. The maximum Gasteiger partial charge on any atom is 0.224 e. The van der Waals surface area contributed by atoms with E-state index < -0.39 is 0 Å². The number of hydrogen-bond acceptors (Lipinski definition) is 5. The van der Waals surface area contributed by atoms with E-state index in [0.29, 0.717) is 11.9 Å². The molecular formula is C18H27N5. The summed E-state index contributed by atoms with van der Waals surface area (Å²) in [5.41, 5.74) is 3.32. The fraction of sp³-hybridized carbons (Fsp3) is 0.444. The number of hydrogen-bond donors (Lipinski definition) is 2. The van der Waals surface area contributed by atoms with Gasteiger partial charge in [0.1, 0.15) is 5.82 Å². The zero-order valence-corrected chi connectivity index (χ0v) is 14.7. The molecule has 0 amide bonds. The van der Waals surface area contributed by atoms with Gasteiger partial charge < -0.3 is 15.5 Å². The highest BCUT2D eigenvalue weighted by Gasteiger charge is 2.08. The van der Waals surface area contributed by atoms with Gasteiger partial charge in [-0.1, -0.05) is 32.0 Å². The topological polar surface area (TPSA) is 53.1 Å². The van der Waals surface area contributed by atoms with Crippen LogP contribution < -0.4 is 10.6 Å². The summed E-state index contributed by atoms with van der Waals surface area (Å²) in [6, 6.07) is 10.3. The lowest BCUT2D eigenvalue weighted by Gasteiger charge is -2.15. The van der Waals surface area contributed by atoms with E-state index in [1.165, 1.54) is 5.56 Å². The summed E-state index contributed by atoms with van der Waals surface area (Å²) in [7, 11) is 4.10. The van der Waals surface area contributed by atoms with Crippen LogP contribution in [0, 0.1) is 6.92 Å². The minimum Gasteiger partial charge on any atom is -0.353 e. The van der Waals surface area contributed by atoms with Crippen LogP contribution in [0.15, 0.2) is 30.3 Å². The number of benzene rings is 1. The fourth-order valence-electron chi connectivity index (χ4n) is 2.36. The average molecular weight is 313 g/mol. The van der Waals surface area contributed by atoms with Crippen molar-refractivity contribution in [1.29, 1.82) is 0 Å². The first kappa shape index (κ1) is 17.2. The van der Waals surface area contributed by atoms with Crippen molar-refractivity contribution < 1.29 is 0 Å². The molecule has 0 unspecified atom stereocenters. The second kappa shape index (κ2) is 7.92. The Morgan fingerprint density at radius 1 is 1.13 bits per heavy atom. The molecule has 0 saturated carbocycles. The lowest BCUT2D eigenvalue weighted by Crippen LogP contribution is -2.21. The standard InChI is InChI=1S/C18H27N5/c1-13(2)15-8-6-7-9-16(15)21-17-12-14(3)20-18(22-17)19-10-11-23(4)5/h6-9,12-13H,10-11H2,1-5H3,(H2,19,20,21,22). The van der Waals surface area contributed by atoms with Gasteiger partial charge in [-0.25, -0.2) is 4.98 Å². The molecule has 0 atom stereocenters. The molecule has 0 aliphatic rings. The lowest BCUT2D eigenvalue weighted by atomic mass is 10.0. The van der Waals surface area contributed by atoms with E-state index in [4.69, 9.17) is 0 Å². The van der Waals surface area contributed by atoms with E-state index in [-0.39, 0.29) is 0 Å². The number of aryl methyl sites for hydroxylation is 1. The quantitative estimate of drug-likeness (QED) is 0.817. The third kappa shape index (κ3) is 5.21. The second-order valence-electron chi connectivity index (χ2n) is 6.32. The molecule has 5 heteroatoms. The fourth-order valence-corrected chi connectivity index (χ4v) is 2.36. The number of nitrogens with one attached hydrogen (secondary N) is 2. The van der Waals surface area contributed by atoms with Gasteiger partial charge in [0.2, 0.25) is 5.95 Å². The Kier molecular flexibility index (Phi) is 5.93. The first-order chi connectivity index (χ1) is 11.0. The van der Waals surface area contributed by atoms with E-state index in [1.54, 1.807) is 0 Å². The van der Waals surface area contributed by atoms with Crippen LogP contribution in [-0.4, -0.2) is 42.1 Å². The Morgan fingerprint density at radius 3 is 2.57 bits per heavy atom. The highest BCUT2D eigenvalue weighted by atomic mass is 15.2. The van der Waals surface area contributed by atoms with E-state index in [1.807, 2.05) is 19.1 Å². The molecule has 1 aromatic carbocycles.